The summed E-state index contributed by atoms with van der Waals surface area (Å²) in [7, 11) is 0. The molecule has 0 bridgehead atoms. The zero-order valence-electron chi connectivity index (χ0n) is 12.4. The van der Waals surface area contributed by atoms with E-state index in [1.54, 1.807) is 12.1 Å². The van der Waals surface area contributed by atoms with Crippen molar-refractivity contribution in [3.8, 4) is 16.9 Å². The van der Waals surface area contributed by atoms with Crippen LogP contribution in [-0.2, 0) is 11.2 Å². The first-order valence-electron chi connectivity index (χ1n) is 6.66. The number of halogens is 4. The minimum Gasteiger partial charge on any atom is -0.403 e. The Hall–Kier alpha value is -2.08. The molecule has 0 saturated carbocycles. The van der Waals surface area contributed by atoms with Crippen LogP contribution in [0.3, 0.4) is 0 Å². The number of pyridine rings is 1. The molecule has 0 aliphatic carbocycles. The number of aryl methyl sites for hydroxylation is 1. The molecule has 1 aromatic heterocycles. The summed E-state index contributed by atoms with van der Waals surface area (Å²) in [5.74, 6) is -0.481. The van der Waals surface area contributed by atoms with Crippen LogP contribution < -0.4 is 4.74 Å². The summed E-state index contributed by atoms with van der Waals surface area (Å²) < 4.78 is 41.7. The predicted molar refractivity (Wildman–Crippen MR) is 80.6 cm³/mol. The number of alkyl halides is 3. The van der Waals surface area contributed by atoms with Gasteiger partial charge in [-0.05, 0) is 36.1 Å². The maximum atomic E-state index is 12.6. The van der Waals surface area contributed by atoms with Gasteiger partial charge in [0.2, 0.25) is 0 Å². The van der Waals surface area contributed by atoms with E-state index in [1.165, 1.54) is 6.20 Å². The van der Waals surface area contributed by atoms with Gasteiger partial charge in [-0.3, -0.25) is 4.98 Å². The molecule has 0 radical (unpaired) electrons. The van der Waals surface area contributed by atoms with Crippen LogP contribution >= 0.6 is 11.6 Å². The van der Waals surface area contributed by atoms with Crippen molar-refractivity contribution in [2.75, 3.05) is 0 Å². The Kier molecular flexibility index (Phi) is 4.94. The second-order valence-corrected chi connectivity index (χ2v) is 5.40. The summed E-state index contributed by atoms with van der Waals surface area (Å²) in [4.78, 5) is 14.4. The van der Waals surface area contributed by atoms with Crippen LogP contribution in [0.25, 0.3) is 11.1 Å². The zero-order valence-corrected chi connectivity index (χ0v) is 13.1. The fourth-order valence-corrected chi connectivity index (χ4v) is 2.54. The molecule has 1 aromatic carbocycles. The number of nitrogens with zero attached hydrogens (tertiary/aromatic N) is 1. The summed E-state index contributed by atoms with van der Waals surface area (Å²) in [6.45, 7) is 3.66. The lowest BCUT2D eigenvalue weighted by atomic mass is 9.94. The van der Waals surface area contributed by atoms with Gasteiger partial charge in [-0.2, -0.15) is 0 Å². The maximum Gasteiger partial charge on any atom is 0.573 e. The van der Waals surface area contributed by atoms with E-state index in [0.29, 0.717) is 5.56 Å². The Morgan fingerprint density at radius 3 is 2.57 bits per heavy atom. The molecule has 2 rings (SSSR count). The number of benzene rings is 1. The first-order chi connectivity index (χ1) is 10.7. The average molecular weight is 344 g/mol. The smallest absolute Gasteiger partial charge is 0.403 e. The molecule has 1 heterocycles. The fourth-order valence-electron chi connectivity index (χ4n) is 2.28. The number of carbonyl (C=O) groups is 1. The third-order valence-corrected chi connectivity index (χ3v) is 3.74. The van der Waals surface area contributed by atoms with E-state index in [9.17, 15) is 18.0 Å². The van der Waals surface area contributed by atoms with Crippen molar-refractivity contribution in [1.82, 2.24) is 4.98 Å². The van der Waals surface area contributed by atoms with E-state index in [2.05, 4.69) is 9.72 Å². The van der Waals surface area contributed by atoms with E-state index in [-0.39, 0.29) is 17.0 Å². The molecule has 0 amide bonds. The van der Waals surface area contributed by atoms with Gasteiger partial charge >= 0.3 is 6.36 Å². The third-order valence-electron chi connectivity index (χ3n) is 3.46. The monoisotopic (exact) mass is 343 g/mol. The largest absolute Gasteiger partial charge is 0.573 e. The highest BCUT2D eigenvalue weighted by atomic mass is 35.5. The summed E-state index contributed by atoms with van der Waals surface area (Å²) >= 11 is 6.03. The van der Waals surface area contributed by atoms with Gasteiger partial charge in [0.1, 0.15) is 6.29 Å². The number of hydrogen-bond donors (Lipinski definition) is 0. The summed E-state index contributed by atoms with van der Waals surface area (Å²) in [6.07, 6.45) is -1.74. The second-order valence-electron chi connectivity index (χ2n) is 4.99. The lowest BCUT2D eigenvalue weighted by molar-refractivity contribution is -0.274. The molecule has 0 spiro atoms. The van der Waals surface area contributed by atoms with Crippen LogP contribution in [0.1, 0.15) is 16.7 Å². The van der Waals surface area contributed by atoms with Crippen LogP contribution in [0.15, 0.2) is 24.5 Å². The lowest BCUT2D eigenvalue weighted by Crippen LogP contribution is -2.18. The Balaban J connectivity index is 2.64. The highest BCUT2D eigenvalue weighted by Gasteiger charge is 2.33. The Labute approximate surface area is 136 Å². The van der Waals surface area contributed by atoms with Gasteiger partial charge in [-0.25, -0.2) is 0 Å². The van der Waals surface area contributed by atoms with Crippen LogP contribution in [-0.4, -0.2) is 17.6 Å². The van der Waals surface area contributed by atoms with Gasteiger partial charge < -0.3 is 9.53 Å². The first kappa shape index (κ1) is 17.3. The van der Waals surface area contributed by atoms with Gasteiger partial charge in [0.25, 0.3) is 0 Å². The SMILES string of the molecule is Cc1cc(-c2c(Cl)cncc2OC(F)(F)F)cc(CC=O)c1C. The molecule has 7 heteroatoms. The van der Waals surface area contributed by atoms with Crippen LogP contribution in [0.2, 0.25) is 5.02 Å². The minimum absolute atomic E-state index is 0.0343. The van der Waals surface area contributed by atoms with E-state index in [0.717, 1.165) is 29.2 Å². The number of ether oxygens (including phenoxy) is 1. The van der Waals surface area contributed by atoms with Crippen molar-refractivity contribution in [2.45, 2.75) is 26.6 Å². The van der Waals surface area contributed by atoms with Crippen LogP contribution in [0.4, 0.5) is 13.2 Å². The molecular formula is C16H13ClF3NO2. The summed E-state index contributed by atoms with van der Waals surface area (Å²) in [5.41, 5.74) is 3.00. The molecule has 2 aromatic rings. The Morgan fingerprint density at radius 2 is 1.96 bits per heavy atom. The van der Waals surface area contributed by atoms with Crippen molar-refractivity contribution >= 4 is 17.9 Å². The van der Waals surface area contributed by atoms with E-state index in [4.69, 9.17) is 11.6 Å². The standard InChI is InChI=1S/C16H13ClF3NO2/c1-9-5-12(6-11(3-4-22)10(9)2)15-13(17)7-21-8-14(15)23-16(18,19)20/h4-8H,3H2,1-2H3. The van der Waals surface area contributed by atoms with Gasteiger partial charge in [-0.1, -0.05) is 23.7 Å². The molecule has 122 valence electrons. The number of carbonyl (C=O) groups excluding carboxylic acids is 1. The normalized spacial score (nSPS) is 11.4. The molecule has 0 aliphatic heterocycles. The Morgan fingerprint density at radius 1 is 1.26 bits per heavy atom. The quantitative estimate of drug-likeness (QED) is 0.758. The zero-order chi connectivity index (χ0) is 17.2. The average Bonchev–Trinajstić information content (AvgIpc) is 2.42. The van der Waals surface area contributed by atoms with Crippen molar-refractivity contribution in [3.63, 3.8) is 0 Å². The molecule has 0 atom stereocenters. The minimum atomic E-state index is -4.85. The lowest BCUT2D eigenvalue weighted by Gasteiger charge is -2.16. The van der Waals surface area contributed by atoms with Crippen molar-refractivity contribution in [1.29, 1.82) is 0 Å². The maximum absolute atomic E-state index is 12.6. The van der Waals surface area contributed by atoms with Crippen molar-refractivity contribution in [3.05, 3.63) is 46.2 Å². The first-order valence-corrected chi connectivity index (χ1v) is 7.04. The fraction of sp³-hybridized carbons (Fsp3) is 0.250. The van der Waals surface area contributed by atoms with Crippen molar-refractivity contribution < 1.29 is 22.7 Å². The molecule has 3 nitrogen and oxygen atoms in total. The van der Waals surface area contributed by atoms with Crippen LogP contribution in [0.5, 0.6) is 5.75 Å². The highest BCUT2D eigenvalue weighted by molar-refractivity contribution is 6.33. The molecule has 23 heavy (non-hydrogen) atoms. The van der Waals surface area contributed by atoms with Gasteiger partial charge in [0, 0.05) is 18.2 Å². The van der Waals surface area contributed by atoms with Crippen LogP contribution in [0, 0.1) is 13.8 Å². The van der Waals surface area contributed by atoms with E-state index in [1.807, 2.05) is 13.8 Å². The van der Waals surface area contributed by atoms with E-state index < -0.39 is 12.1 Å². The molecule has 0 fully saturated rings. The predicted octanol–water partition coefficient (Wildman–Crippen LogP) is 4.66. The topological polar surface area (TPSA) is 39.2 Å². The number of aromatic nitrogens is 1. The second kappa shape index (κ2) is 6.58. The van der Waals surface area contributed by atoms with Gasteiger partial charge in [-0.15, -0.1) is 13.2 Å². The highest BCUT2D eigenvalue weighted by Crippen LogP contribution is 2.39. The van der Waals surface area contributed by atoms with E-state index >= 15 is 0 Å². The molecular weight excluding hydrogens is 331 g/mol. The van der Waals surface area contributed by atoms with Gasteiger partial charge in [0.15, 0.2) is 5.75 Å². The molecule has 0 N–H and O–H groups in total. The number of aldehydes is 1. The van der Waals surface area contributed by atoms with Crippen molar-refractivity contribution in [2.24, 2.45) is 0 Å². The molecule has 0 saturated heterocycles. The number of rotatable bonds is 4. The molecule has 0 unspecified atom stereocenters. The summed E-state index contributed by atoms with van der Waals surface area (Å²) in [6, 6.07) is 3.34. The van der Waals surface area contributed by atoms with Gasteiger partial charge in [0.05, 0.1) is 11.2 Å². The number of hydrogen-bond acceptors (Lipinski definition) is 3. The molecule has 0 aliphatic rings. The Bertz CT molecular complexity index is 745. The third kappa shape index (κ3) is 4.01. The summed E-state index contributed by atoms with van der Waals surface area (Å²) in [5, 5.41) is 0.0343.